The van der Waals surface area contributed by atoms with Gasteiger partial charge in [-0.25, -0.2) is 4.98 Å². The summed E-state index contributed by atoms with van der Waals surface area (Å²) in [6, 6.07) is 13.2. The first-order chi connectivity index (χ1) is 11.0. The number of hydrogen-bond acceptors (Lipinski definition) is 1. The zero-order valence-electron chi connectivity index (χ0n) is 12.1. The van der Waals surface area contributed by atoms with Gasteiger partial charge in [0.25, 0.3) is 0 Å². The van der Waals surface area contributed by atoms with Crippen LogP contribution in [0.25, 0.3) is 33.1 Å². The number of nitrogens with one attached hydrogen (secondary N) is 1. The van der Waals surface area contributed by atoms with Crippen LogP contribution in [0.15, 0.2) is 42.5 Å². The van der Waals surface area contributed by atoms with Gasteiger partial charge in [-0.3, -0.25) is 0 Å². The molecule has 0 atom stereocenters. The van der Waals surface area contributed by atoms with Crippen molar-refractivity contribution in [2.24, 2.45) is 0 Å². The molecule has 0 saturated carbocycles. The van der Waals surface area contributed by atoms with Gasteiger partial charge in [0.05, 0.1) is 16.2 Å². The first kappa shape index (κ1) is 14.8. The molecule has 2 nitrogen and oxygen atoms in total. The van der Waals surface area contributed by atoms with Gasteiger partial charge in [0.1, 0.15) is 0 Å². The quantitative estimate of drug-likeness (QED) is 0.404. The van der Waals surface area contributed by atoms with E-state index in [1.165, 1.54) is 0 Å². The Morgan fingerprint density at radius 2 is 1.61 bits per heavy atom. The highest BCUT2D eigenvalue weighted by molar-refractivity contribution is 6.36. The van der Waals surface area contributed by atoms with Crippen LogP contribution in [-0.2, 0) is 0 Å². The third-order valence-corrected chi connectivity index (χ3v) is 4.71. The van der Waals surface area contributed by atoms with Crippen LogP contribution in [0.3, 0.4) is 0 Å². The lowest BCUT2D eigenvalue weighted by Crippen LogP contribution is -1.88. The zero-order valence-corrected chi connectivity index (χ0v) is 14.4. The molecule has 5 heteroatoms. The fraction of sp³-hybridized carbons (Fsp3) is 0.0556. The number of hydrogen-bond donors (Lipinski definition) is 1. The van der Waals surface area contributed by atoms with Crippen LogP contribution in [-0.4, -0.2) is 9.97 Å². The smallest absolute Gasteiger partial charge is 0.0748 e. The number of aryl methyl sites for hydroxylation is 1. The molecular formula is C18H11Cl3N2. The van der Waals surface area contributed by atoms with Gasteiger partial charge < -0.3 is 4.98 Å². The molecule has 4 rings (SSSR count). The molecule has 0 unspecified atom stereocenters. The van der Waals surface area contributed by atoms with E-state index in [9.17, 15) is 0 Å². The molecule has 4 aromatic rings. The van der Waals surface area contributed by atoms with Crippen molar-refractivity contribution < 1.29 is 0 Å². The summed E-state index contributed by atoms with van der Waals surface area (Å²) in [5.41, 5.74) is 4.62. The monoisotopic (exact) mass is 360 g/mol. The second kappa shape index (κ2) is 5.41. The molecule has 0 radical (unpaired) electrons. The van der Waals surface area contributed by atoms with E-state index in [0.29, 0.717) is 15.1 Å². The summed E-state index contributed by atoms with van der Waals surface area (Å²) < 4.78 is 0. The summed E-state index contributed by atoms with van der Waals surface area (Å²) in [5.74, 6) is 0. The molecule has 0 saturated heterocycles. The molecule has 1 N–H and O–H groups in total. The van der Waals surface area contributed by atoms with E-state index in [1.54, 1.807) is 0 Å². The van der Waals surface area contributed by atoms with E-state index >= 15 is 0 Å². The number of aromatic amines is 1. The van der Waals surface area contributed by atoms with Crippen LogP contribution in [0, 0.1) is 6.92 Å². The lowest BCUT2D eigenvalue weighted by Gasteiger charge is -2.07. The maximum atomic E-state index is 6.45. The second-order valence-corrected chi connectivity index (χ2v) is 6.75. The first-order valence-corrected chi connectivity index (χ1v) is 8.20. The van der Waals surface area contributed by atoms with E-state index in [0.717, 1.165) is 38.8 Å². The minimum Gasteiger partial charge on any atom is -0.358 e. The van der Waals surface area contributed by atoms with Crippen molar-refractivity contribution >= 4 is 56.6 Å². The Bertz CT molecular complexity index is 1070. The normalized spacial score (nSPS) is 11.5. The fourth-order valence-corrected chi connectivity index (χ4v) is 3.52. The van der Waals surface area contributed by atoms with E-state index in [-0.39, 0.29) is 0 Å². The Hall–Kier alpha value is -1.74. The van der Waals surface area contributed by atoms with Gasteiger partial charge >= 0.3 is 0 Å². The molecule has 0 bridgehead atoms. The van der Waals surface area contributed by atoms with Crippen molar-refractivity contribution in [2.75, 3.05) is 0 Å². The predicted octanol–water partition coefficient (Wildman–Crippen LogP) is 6.65. The highest BCUT2D eigenvalue weighted by atomic mass is 35.5. The number of rotatable bonds is 1. The molecule has 2 aromatic carbocycles. The van der Waals surface area contributed by atoms with Crippen LogP contribution in [0.4, 0.5) is 0 Å². The van der Waals surface area contributed by atoms with Gasteiger partial charge in [-0.15, -0.1) is 0 Å². The number of H-pyrrole nitrogens is 1. The second-order valence-electron chi connectivity index (χ2n) is 5.47. The number of halogens is 3. The SMILES string of the molecule is Cc1[nH]c2ccc(Cl)cc2c1-c1cc(Cl)c2ccc(Cl)cc2n1. The average Bonchev–Trinajstić information content (AvgIpc) is 2.81. The predicted molar refractivity (Wildman–Crippen MR) is 98.8 cm³/mol. The standard InChI is InChI=1S/C18H11Cl3N2/c1-9-18(13-6-10(19)3-5-15(13)22-9)17-8-14(21)12-4-2-11(20)7-16(12)23-17/h2-8,22H,1H3. The number of aromatic nitrogens is 2. The molecule has 0 aliphatic carbocycles. The van der Waals surface area contributed by atoms with Crippen molar-refractivity contribution in [3.8, 4) is 11.3 Å². The molecule has 0 amide bonds. The van der Waals surface area contributed by atoms with Gasteiger partial charge in [-0.2, -0.15) is 0 Å². The van der Waals surface area contributed by atoms with Crippen LogP contribution < -0.4 is 0 Å². The molecule has 114 valence electrons. The largest absolute Gasteiger partial charge is 0.358 e. The first-order valence-electron chi connectivity index (χ1n) is 7.07. The topological polar surface area (TPSA) is 28.7 Å². The molecule has 0 spiro atoms. The summed E-state index contributed by atoms with van der Waals surface area (Å²) in [4.78, 5) is 8.11. The van der Waals surface area contributed by atoms with Gasteiger partial charge in [-0.1, -0.05) is 34.8 Å². The number of pyridine rings is 1. The Morgan fingerprint density at radius 1 is 0.870 bits per heavy atom. The average molecular weight is 362 g/mol. The highest BCUT2D eigenvalue weighted by Crippen LogP contribution is 2.36. The summed E-state index contributed by atoms with van der Waals surface area (Å²) in [5, 5.41) is 3.89. The fourth-order valence-electron chi connectivity index (χ4n) is 2.92. The van der Waals surface area contributed by atoms with Crippen molar-refractivity contribution in [3.05, 3.63) is 63.2 Å². The van der Waals surface area contributed by atoms with E-state index in [2.05, 4.69) is 4.98 Å². The number of benzene rings is 2. The van der Waals surface area contributed by atoms with E-state index in [4.69, 9.17) is 39.8 Å². The molecule has 0 aliphatic heterocycles. The Kier molecular flexibility index (Phi) is 3.49. The molecule has 2 heterocycles. The van der Waals surface area contributed by atoms with E-state index < -0.39 is 0 Å². The van der Waals surface area contributed by atoms with Crippen molar-refractivity contribution in [1.82, 2.24) is 9.97 Å². The lowest BCUT2D eigenvalue weighted by atomic mass is 10.1. The molecule has 0 aliphatic rings. The third-order valence-electron chi connectivity index (χ3n) is 3.93. The lowest BCUT2D eigenvalue weighted by molar-refractivity contribution is 1.28. The number of fused-ring (bicyclic) bond motifs is 2. The van der Waals surface area contributed by atoms with Crippen LogP contribution in [0.2, 0.25) is 15.1 Å². The Labute approximate surface area is 148 Å². The minimum absolute atomic E-state index is 0.636. The van der Waals surface area contributed by atoms with Crippen LogP contribution in [0.5, 0.6) is 0 Å². The molecule has 23 heavy (non-hydrogen) atoms. The summed E-state index contributed by atoms with van der Waals surface area (Å²) in [7, 11) is 0. The zero-order chi connectivity index (χ0) is 16.1. The van der Waals surface area contributed by atoms with Gasteiger partial charge in [0.2, 0.25) is 0 Å². The summed E-state index contributed by atoms with van der Waals surface area (Å²) in [6.45, 7) is 2.01. The van der Waals surface area contributed by atoms with Gasteiger partial charge in [0, 0.05) is 37.6 Å². The molecule has 2 aromatic heterocycles. The van der Waals surface area contributed by atoms with E-state index in [1.807, 2.05) is 49.4 Å². The van der Waals surface area contributed by atoms with Crippen LogP contribution >= 0.6 is 34.8 Å². The molecular weight excluding hydrogens is 351 g/mol. The number of nitrogens with zero attached hydrogens (tertiary/aromatic N) is 1. The third kappa shape index (κ3) is 2.47. The maximum absolute atomic E-state index is 6.45. The maximum Gasteiger partial charge on any atom is 0.0748 e. The summed E-state index contributed by atoms with van der Waals surface area (Å²) >= 11 is 18.7. The Morgan fingerprint density at radius 3 is 2.43 bits per heavy atom. The van der Waals surface area contributed by atoms with Gasteiger partial charge in [-0.05, 0) is 49.4 Å². The highest BCUT2D eigenvalue weighted by Gasteiger charge is 2.14. The van der Waals surface area contributed by atoms with Crippen molar-refractivity contribution in [3.63, 3.8) is 0 Å². The molecule has 0 fully saturated rings. The summed E-state index contributed by atoms with van der Waals surface area (Å²) in [6.07, 6.45) is 0. The van der Waals surface area contributed by atoms with Crippen molar-refractivity contribution in [1.29, 1.82) is 0 Å². The van der Waals surface area contributed by atoms with Crippen LogP contribution in [0.1, 0.15) is 5.69 Å². The Balaban J connectivity index is 2.06. The minimum atomic E-state index is 0.636. The van der Waals surface area contributed by atoms with Gasteiger partial charge in [0.15, 0.2) is 0 Å². The van der Waals surface area contributed by atoms with Crippen molar-refractivity contribution in [2.45, 2.75) is 6.92 Å².